The fraction of sp³-hybridized carbons (Fsp3) is 0.769. The van der Waals surface area contributed by atoms with Gasteiger partial charge in [0.25, 0.3) is 0 Å². The summed E-state index contributed by atoms with van der Waals surface area (Å²) in [6.45, 7) is 5.41. The SMILES string of the molecule is CCCCCCCCCCO[Si](CCCCCCCCC)(OC)c1ccccc1. The Labute approximate surface area is 183 Å². The zero-order chi connectivity index (χ0) is 21.0. The molecule has 2 nitrogen and oxygen atoms in total. The molecule has 0 N–H and O–H groups in total. The number of hydrogen-bond donors (Lipinski definition) is 0. The standard InChI is InChI=1S/C26H48O2Si/c1-4-6-8-10-12-13-15-20-24-28-29(27-3,26-22-18-17-19-23-26)25-21-16-14-11-9-7-5-2/h17-19,22-23H,4-16,20-21,24-25H2,1-3H3. The minimum atomic E-state index is -2.31. The van der Waals surface area contributed by atoms with Crippen molar-refractivity contribution < 1.29 is 8.85 Å². The van der Waals surface area contributed by atoms with Crippen LogP contribution in [0.15, 0.2) is 30.3 Å². The van der Waals surface area contributed by atoms with Crippen LogP contribution in [0.3, 0.4) is 0 Å². The van der Waals surface area contributed by atoms with Gasteiger partial charge in [0.05, 0.1) is 0 Å². The Bertz CT molecular complexity index is 465. The predicted molar refractivity (Wildman–Crippen MR) is 130 cm³/mol. The van der Waals surface area contributed by atoms with Crippen molar-refractivity contribution in [2.24, 2.45) is 0 Å². The fourth-order valence-corrected chi connectivity index (χ4v) is 7.11. The highest BCUT2D eigenvalue weighted by Crippen LogP contribution is 2.20. The lowest BCUT2D eigenvalue weighted by atomic mass is 10.1. The van der Waals surface area contributed by atoms with E-state index >= 15 is 0 Å². The van der Waals surface area contributed by atoms with E-state index in [9.17, 15) is 0 Å². The van der Waals surface area contributed by atoms with E-state index in [0.717, 1.165) is 19.1 Å². The lowest BCUT2D eigenvalue weighted by Crippen LogP contribution is -2.53. The van der Waals surface area contributed by atoms with Gasteiger partial charge in [0.2, 0.25) is 0 Å². The van der Waals surface area contributed by atoms with Gasteiger partial charge >= 0.3 is 8.56 Å². The van der Waals surface area contributed by atoms with Gasteiger partial charge in [-0.1, -0.05) is 134 Å². The molecule has 3 heteroatoms. The van der Waals surface area contributed by atoms with Gasteiger partial charge in [-0.15, -0.1) is 0 Å². The third kappa shape index (κ3) is 12.0. The molecule has 1 rings (SSSR count). The van der Waals surface area contributed by atoms with Crippen molar-refractivity contribution in [1.82, 2.24) is 0 Å². The second-order valence-corrected chi connectivity index (χ2v) is 11.8. The quantitative estimate of drug-likeness (QED) is 0.158. The molecule has 29 heavy (non-hydrogen) atoms. The lowest BCUT2D eigenvalue weighted by Gasteiger charge is -2.30. The van der Waals surface area contributed by atoms with Crippen LogP contribution >= 0.6 is 0 Å². The van der Waals surface area contributed by atoms with Crippen molar-refractivity contribution in [3.63, 3.8) is 0 Å². The normalized spacial score (nSPS) is 13.5. The zero-order valence-electron chi connectivity index (χ0n) is 19.7. The predicted octanol–water partition coefficient (Wildman–Crippen LogP) is 7.89. The summed E-state index contributed by atoms with van der Waals surface area (Å²) in [6.07, 6.45) is 20.0. The van der Waals surface area contributed by atoms with Crippen LogP contribution in [0.1, 0.15) is 110 Å². The highest BCUT2D eigenvalue weighted by atomic mass is 28.4. The van der Waals surface area contributed by atoms with E-state index in [0.29, 0.717) is 0 Å². The minimum Gasteiger partial charge on any atom is -0.394 e. The van der Waals surface area contributed by atoms with Crippen molar-refractivity contribution in [2.75, 3.05) is 13.7 Å². The van der Waals surface area contributed by atoms with E-state index in [2.05, 4.69) is 44.2 Å². The molecule has 0 radical (unpaired) electrons. The molecule has 0 saturated carbocycles. The van der Waals surface area contributed by atoms with Gasteiger partial charge in [0.15, 0.2) is 0 Å². The molecule has 168 valence electrons. The lowest BCUT2D eigenvalue weighted by molar-refractivity contribution is 0.205. The van der Waals surface area contributed by atoms with Gasteiger partial charge in [-0.05, 0) is 17.7 Å². The first-order valence-electron chi connectivity index (χ1n) is 12.5. The number of rotatable bonds is 20. The topological polar surface area (TPSA) is 18.5 Å². The van der Waals surface area contributed by atoms with E-state index < -0.39 is 8.56 Å². The summed E-state index contributed by atoms with van der Waals surface area (Å²) >= 11 is 0. The van der Waals surface area contributed by atoms with Gasteiger partial charge in [-0.25, -0.2) is 0 Å². The van der Waals surface area contributed by atoms with E-state index in [1.54, 1.807) is 0 Å². The first kappa shape index (κ1) is 26.4. The third-order valence-electron chi connectivity index (χ3n) is 5.99. The molecule has 1 atom stereocenters. The van der Waals surface area contributed by atoms with Crippen LogP contribution in [0.25, 0.3) is 0 Å². The Morgan fingerprint density at radius 1 is 0.621 bits per heavy atom. The van der Waals surface area contributed by atoms with Crippen LogP contribution in [-0.4, -0.2) is 22.3 Å². The second-order valence-electron chi connectivity index (χ2n) is 8.52. The van der Waals surface area contributed by atoms with Crippen molar-refractivity contribution in [2.45, 2.75) is 116 Å². The van der Waals surface area contributed by atoms with Crippen molar-refractivity contribution in [3.05, 3.63) is 30.3 Å². The Kier molecular flexibility index (Phi) is 16.5. The van der Waals surface area contributed by atoms with Gasteiger partial charge < -0.3 is 8.85 Å². The maximum Gasteiger partial charge on any atom is 0.372 e. The summed E-state index contributed by atoms with van der Waals surface area (Å²) in [5, 5.41) is 1.30. The van der Waals surface area contributed by atoms with Crippen LogP contribution in [0.4, 0.5) is 0 Å². The summed E-state index contributed by atoms with van der Waals surface area (Å²) in [5.41, 5.74) is 0. The Morgan fingerprint density at radius 3 is 1.62 bits per heavy atom. The van der Waals surface area contributed by atoms with Crippen molar-refractivity contribution in [3.8, 4) is 0 Å². The van der Waals surface area contributed by atoms with Crippen molar-refractivity contribution in [1.29, 1.82) is 0 Å². The average Bonchev–Trinajstić information content (AvgIpc) is 2.76. The summed E-state index contributed by atoms with van der Waals surface area (Å²) in [4.78, 5) is 0. The number of unbranched alkanes of at least 4 members (excludes halogenated alkanes) is 13. The summed E-state index contributed by atoms with van der Waals surface area (Å²) < 4.78 is 12.7. The van der Waals surface area contributed by atoms with Crippen molar-refractivity contribution >= 4 is 13.7 Å². The first-order valence-corrected chi connectivity index (χ1v) is 14.6. The second kappa shape index (κ2) is 18.2. The maximum atomic E-state index is 6.57. The number of benzene rings is 1. The molecule has 1 aromatic carbocycles. The molecule has 0 bridgehead atoms. The average molecular weight is 421 g/mol. The summed E-state index contributed by atoms with van der Waals surface area (Å²) in [6, 6.07) is 11.8. The molecule has 1 aromatic rings. The molecule has 1 unspecified atom stereocenters. The summed E-state index contributed by atoms with van der Waals surface area (Å²) in [7, 11) is -0.438. The smallest absolute Gasteiger partial charge is 0.372 e. The van der Waals surface area contributed by atoms with Crippen LogP contribution < -0.4 is 5.19 Å². The summed E-state index contributed by atoms with van der Waals surface area (Å²) in [5.74, 6) is 0. The van der Waals surface area contributed by atoms with Crippen LogP contribution in [0.2, 0.25) is 6.04 Å². The van der Waals surface area contributed by atoms with Crippen LogP contribution in [-0.2, 0) is 8.85 Å². The largest absolute Gasteiger partial charge is 0.394 e. The van der Waals surface area contributed by atoms with Crippen LogP contribution in [0, 0.1) is 0 Å². The minimum absolute atomic E-state index is 0.848. The Morgan fingerprint density at radius 2 is 1.10 bits per heavy atom. The molecule has 0 saturated heterocycles. The molecule has 0 aliphatic rings. The van der Waals surface area contributed by atoms with E-state index in [1.165, 1.54) is 95.1 Å². The molecular weight excluding hydrogens is 372 g/mol. The zero-order valence-corrected chi connectivity index (χ0v) is 20.7. The number of hydrogen-bond acceptors (Lipinski definition) is 2. The molecule has 0 aliphatic carbocycles. The van der Waals surface area contributed by atoms with Gasteiger partial charge in [-0.2, -0.15) is 0 Å². The molecule has 0 spiro atoms. The molecule has 0 aliphatic heterocycles. The third-order valence-corrected chi connectivity index (χ3v) is 9.54. The van der Waals surface area contributed by atoms with E-state index in [4.69, 9.17) is 8.85 Å². The van der Waals surface area contributed by atoms with E-state index in [-0.39, 0.29) is 0 Å². The van der Waals surface area contributed by atoms with Gasteiger partial charge in [-0.3, -0.25) is 0 Å². The molecule has 0 fully saturated rings. The fourth-order valence-electron chi connectivity index (χ4n) is 4.06. The van der Waals surface area contributed by atoms with Gasteiger partial charge in [0.1, 0.15) is 0 Å². The van der Waals surface area contributed by atoms with Gasteiger partial charge in [0, 0.05) is 13.7 Å². The first-order chi connectivity index (χ1) is 14.3. The molecule has 0 aromatic heterocycles. The Hall–Kier alpha value is -0.643. The molecule has 0 heterocycles. The maximum absolute atomic E-state index is 6.57. The highest BCUT2D eigenvalue weighted by Gasteiger charge is 2.38. The highest BCUT2D eigenvalue weighted by molar-refractivity contribution is 6.81. The molecular formula is C26H48O2Si. The van der Waals surface area contributed by atoms with E-state index in [1.807, 2.05) is 7.11 Å². The Balaban J connectivity index is 2.39. The van der Waals surface area contributed by atoms with Crippen LogP contribution in [0.5, 0.6) is 0 Å². The monoisotopic (exact) mass is 420 g/mol. The molecule has 0 amide bonds.